The van der Waals surface area contributed by atoms with Gasteiger partial charge < -0.3 is 9.88 Å². The smallest absolute Gasteiger partial charge is 0.272 e. The maximum Gasteiger partial charge on any atom is 0.272 e. The fraction of sp³-hybridized carbons (Fsp3) is 0.600. The van der Waals surface area contributed by atoms with E-state index in [4.69, 9.17) is 0 Å². The normalized spacial score (nSPS) is 21.5. The van der Waals surface area contributed by atoms with E-state index in [2.05, 4.69) is 20.3 Å². The monoisotopic (exact) mass is 300 g/mol. The first-order valence-corrected chi connectivity index (χ1v) is 7.93. The Morgan fingerprint density at radius 2 is 2.27 bits per heavy atom. The molecule has 2 aromatic heterocycles. The SMILES string of the molecule is Cc1ncc(C(=O)N2CCC[C@H]2Cn2cc(C3CC3)nn2)[nH]1. The molecule has 22 heavy (non-hydrogen) atoms. The number of amides is 1. The number of nitrogens with zero attached hydrogens (tertiary/aromatic N) is 5. The Balaban J connectivity index is 1.46. The number of carbonyl (C=O) groups excluding carboxylic acids is 1. The van der Waals surface area contributed by atoms with Crippen molar-refractivity contribution >= 4 is 5.91 Å². The number of H-pyrrole nitrogens is 1. The van der Waals surface area contributed by atoms with Crippen molar-refractivity contribution < 1.29 is 4.79 Å². The Bertz CT molecular complexity index is 686. The lowest BCUT2D eigenvalue weighted by atomic mass is 10.2. The molecule has 0 spiro atoms. The van der Waals surface area contributed by atoms with Gasteiger partial charge in [-0.25, -0.2) is 4.98 Å². The van der Waals surface area contributed by atoms with Gasteiger partial charge in [-0.1, -0.05) is 5.21 Å². The minimum atomic E-state index is 0.0330. The van der Waals surface area contributed by atoms with E-state index in [1.165, 1.54) is 12.8 Å². The van der Waals surface area contributed by atoms with E-state index < -0.39 is 0 Å². The topological polar surface area (TPSA) is 79.7 Å². The maximum atomic E-state index is 12.6. The van der Waals surface area contributed by atoms with E-state index in [9.17, 15) is 4.79 Å². The minimum absolute atomic E-state index is 0.0330. The van der Waals surface area contributed by atoms with Crippen LogP contribution in [0.5, 0.6) is 0 Å². The average molecular weight is 300 g/mol. The Morgan fingerprint density at radius 1 is 1.41 bits per heavy atom. The van der Waals surface area contributed by atoms with Gasteiger partial charge in [0.25, 0.3) is 5.91 Å². The molecular weight excluding hydrogens is 280 g/mol. The number of carbonyl (C=O) groups is 1. The van der Waals surface area contributed by atoms with Crippen LogP contribution in [-0.4, -0.2) is 48.4 Å². The van der Waals surface area contributed by atoms with Crippen LogP contribution in [0.25, 0.3) is 0 Å². The second-order valence-corrected chi connectivity index (χ2v) is 6.32. The summed E-state index contributed by atoms with van der Waals surface area (Å²) in [5.74, 6) is 1.41. The first-order valence-electron chi connectivity index (χ1n) is 7.93. The third-order valence-electron chi connectivity index (χ3n) is 4.52. The van der Waals surface area contributed by atoms with Gasteiger partial charge in [0.2, 0.25) is 0 Å². The summed E-state index contributed by atoms with van der Waals surface area (Å²) in [6.07, 6.45) is 8.16. The number of aromatic amines is 1. The number of aryl methyl sites for hydroxylation is 1. The third-order valence-corrected chi connectivity index (χ3v) is 4.52. The van der Waals surface area contributed by atoms with Crippen LogP contribution in [-0.2, 0) is 6.54 Å². The summed E-state index contributed by atoms with van der Waals surface area (Å²) in [7, 11) is 0. The summed E-state index contributed by atoms with van der Waals surface area (Å²) in [4.78, 5) is 21.7. The lowest BCUT2D eigenvalue weighted by molar-refractivity contribution is 0.0715. The summed E-state index contributed by atoms with van der Waals surface area (Å²) in [5, 5.41) is 8.47. The quantitative estimate of drug-likeness (QED) is 0.927. The second-order valence-electron chi connectivity index (χ2n) is 6.32. The number of likely N-dealkylation sites (tertiary alicyclic amines) is 1. The van der Waals surface area contributed by atoms with Gasteiger partial charge in [-0.2, -0.15) is 0 Å². The maximum absolute atomic E-state index is 12.6. The molecule has 2 fully saturated rings. The predicted octanol–water partition coefficient (Wildman–Crippen LogP) is 1.49. The molecule has 7 heteroatoms. The molecule has 0 aromatic carbocycles. The van der Waals surface area contributed by atoms with Crippen LogP contribution in [0.2, 0.25) is 0 Å². The predicted molar refractivity (Wildman–Crippen MR) is 79.4 cm³/mol. The van der Waals surface area contributed by atoms with E-state index in [-0.39, 0.29) is 11.9 Å². The van der Waals surface area contributed by atoms with Crippen LogP contribution < -0.4 is 0 Å². The van der Waals surface area contributed by atoms with Gasteiger partial charge in [0, 0.05) is 18.7 Å². The number of imidazole rings is 1. The number of rotatable bonds is 4. The summed E-state index contributed by atoms with van der Waals surface area (Å²) >= 11 is 0. The molecule has 0 radical (unpaired) electrons. The van der Waals surface area contributed by atoms with Crippen molar-refractivity contribution in [2.75, 3.05) is 6.54 Å². The highest BCUT2D eigenvalue weighted by Crippen LogP contribution is 2.38. The van der Waals surface area contributed by atoms with Crippen LogP contribution in [0.15, 0.2) is 12.4 Å². The number of hydrogen-bond acceptors (Lipinski definition) is 4. The standard InChI is InChI=1S/C15H20N6O/c1-10-16-7-13(17-10)15(22)21-6-2-3-12(21)8-20-9-14(18-19-20)11-4-5-11/h7,9,11-12H,2-6,8H2,1H3,(H,16,17)/t12-/m0/s1. The highest BCUT2D eigenvalue weighted by Gasteiger charge is 2.31. The molecule has 1 saturated heterocycles. The van der Waals surface area contributed by atoms with Gasteiger partial charge in [-0.15, -0.1) is 5.10 Å². The van der Waals surface area contributed by atoms with Crippen LogP contribution in [0.1, 0.15) is 53.6 Å². The average Bonchev–Trinajstić information content (AvgIpc) is 2.90. The van der Waals surface area contributed by atoms with Crippen molar-refractivity contribution in [1.82, 2.24) is 29.9 Å². The molecule has 1 aliphatic heterocycles. The highest BCUT2D eigenvalue weighted by atomic mass is 16.2. The van der Waals surface area contributed by atoms with E-state index >= 15 is 0 Å². The Labute approximate surface area is 128 Å². The van der Waals surface area contributed by atoms with Gasteiger partial charge in [-0.3, -0.25) is 9.48 Å². The van der Waals surface area contributed by atoms with Gasteiger partial charge in [0.15, 0.2) is 0 Å². The van der Waals surface area contributed by atoms with Crippen molar-refractivity contribution in [1.29, 1.82) is 0 Å². The summed E-state index contributed by atoms with van der Waals surface area (Å²) in [6, 6.07) is 0.185. The second kappa shape index (κ2) is 5.23. The van der Waals surface area contributed by atoms with E-state index in [0.29, 0.717) is 11.6 Å². The highest BCUT2D eigenvalue weighted by molar-refractivity contribution is 5.92. The molecule has 0 bridgehead atoms. The molecule has 7 nitrogen and oxygen atoms in total. The fourth-order valence-corrected chi connectivity index (χ4v) is 3.16. The van der Waals surface area contributed by atoms with Gasteiger partial charge in [0.05, 0.1) is 24.5 Å². The summed E-state index contributed by atoms with van der Waals surface area (Å²) in [6.45, 7) is 3.37. The Morgan fingerprint density at radius 3 is 3.00 bits per heavy atom. The lowest BCUT2D eigenvalue weighted by Crippen LogP contribution is -2.38. The van der Waals surface area contributed by atoms with E-state index in [1.54, 1.807) is 6.20 Å². The number of aromatic nitrogens is 5. The van der Waals surface area contributed by atoms with Crippen molar-refractivity contribution in [2.24, 2.45) is 0 Å². The zero-order valence-electron chi connectivity index (χ0n) is 12.7. The number of hydrogen-bond donors (Lipinski definition) is 1. The van der Waals surface area contributed by atoms with E-state index in [1.807, 2.05) is 22.7 Å². The molecule has 1 saturated carbocycles. The molecule has 1 N–H and O–H groups in total. The fourth-order valence-electron chi connectivity index (χ4n) is 3.16. The summed E-state index contributed by atoms with van der Waals surface area (Å²) in [5.41, 5.74) is 1.67. The lowest BCUT2D eigenvalue weighted by Gasteiger charge is -2.23. The largest absolute Gasteiger partial charge is 0.338 e. The van der Waals surface area contributed by atoms with Crippen LogP contribution >= 0.6 is 0 Å². The van der Waals surface area contributed by atoms with Gasteiger partial charge in [0.1, 0.15) is 11.5 Å². The van der Waals surface area contributed by atoms with Crippen molar-refractivity contribution in [3.05, 3.63) is 29.6 Å². The van der Waals surface area contributed by atoms with Crippen molar-refractivity contribution in [3.8, 4) is 0 Å². The first kappa shape index (κ1) is 13.5. The molecule has 4 rings (SSSR count). The molecular formula is C15H20N6O. The van der Waals surface area contributed by atoms with Crippen molar-refractivity contribution in [2.45, 2.75) is 51.1 Å². The Hall–Kier alpha value is -2.18. The van der Waals surface area contributed by atoms with Crippen LogP contribution in [0.3, 0.4) is 0 Å². The van der Waals surface area contributed by atoms with Gasteiger partial charge in [-0.05, 0) is 32.6 Å². The molecule has 116 valence electrons. The molecule has 0 unspecified atom stereocenters. The first-order chi connectivity index (χ1) is 10.7. The van der Waals surface area contributed by atoms with Crippen LogP contribution in [0.4, 0.5) is 0 Å². The zero-order valence-corrected chi connectivity index (χ0v) is 12.7. The molecule has 1 aliphatic carbocycles. The van der Waals surface area contributed by atoms with Crippen LogP contribution in [0, 0.1) is 6.92 Å². The molecule has 2 aromatic rings. The molecule has 2 aliphatic rings. The third kappa shape index (κ3) is 2.51. The molecule has 3 heterocycles. The summed E-state index contributed by atoms with van der Waals surface area (Å²) < 4.78 is 1.89. The minimum Gasteiger partial charge on any atom is -0.338 e. The molecule has 1 amide bonds. The number of nitrogens with one attached hydrogen (secondary N) is 1. The van der Waals surface area contributed by atoms with Gasteiger partial charge >= 0.3 is 0 Å². The molecule has 1 atom stereocenters. The van der Waals surface area contributed by atoms with E-state index in [0.717, 1.165) is 37.4 Å². The van der Waals surface area contributed by atoms with Crippen molar-refractivity contribution in [3.63, 3.8) is 0 Å². The Kier molecular flexibility index (Phi) is 3.20. The zero-order chi connectivity index (χ0) is 15.1.